The van der Waals surface area contributed by atoms with Gasteiger partial charge in [0.15, 0.2) is 0 Å². The van der Waals surface area contributed by atoms with E-state index in [0.29, 0.717) is 5.56 Å². The summed E-state index contributed by atoms with van der Waals surface area (Å²) in [5, 5.41) is 12.9. The summed E-state index contributed by atoms with van der Waals surface area (Å²) in [6, 6.07) is 4.53. The van der Waals surface area contributed by atoms with Crippen molar-refractivity contribution >= 4 is 27.5 Å². The molecular weight excluding hydrogens is 346 g/mol. The Morgan fingerprint density at radius 2 is 2.00 bits per heavy atom. The molecule has 0 aliphatic carbocycles. The van der Waals surface area contributed by atoms with Crippen LogP contribution in [0.1, 0.15) is 21.5 Å². The third kappa shape index (κ3) is 2.80. The number of para-hydroxylation sites is 1. The van der Waals surface area contributed by atoms with Crippen LogP contribution in [0.5, 0.6) is 0 Å². The second-order valence-electron chi connectivity index (χ2n) is 5.52. The number of aromatic carboxylic acids is 1. The Labute approximate surface area is 143 Å². The van der Waals surface area contributed by atoms with Gasteiger partial charge in [0.25, 0.3) is 10.9 Å². The monoisotopic (exact) mass is 361 g/mol. The van der Waals surface area contributed by atoms with E-state index in [1.54, 1.807) is 38.4 Å². The van der Waals surface area contributed by atoms with E-state index in [9.17, 15) is 18.3 Å². The lowest BCUT2D eigenvalue weighted by Gasteiger charge is -2.21. The number of aryl methyl sites for hydroxylation is 2. The van der Waals surface area contributed by atoms with Crippen LogP contribution in [-0.2, 0) is 10.0 Å². The van der Waals surface area contributed by atoms with E-state index in [2.05, 4.69) is 15.1 Å². The Morgan fingerprint density at radius 1 is 1.28 bits per heavy atom. The molecular formula is C15H15N5O4S. The highest BCUT2D eigenvalue weighted by Gasteiger charge is 2.30. The van der Waals surface area contributed by atoms with Crippen molar-refractivity contribution in [3.8, 4) is 0 Å². The first-order valence-corrected chi connectivity index (χ1v) is 8.66. The maximum atomic E-state index is 12.9. The summed E-state index contributed by atoms with van der Waals surface area (Å²) in [5.74, 6) is -1.08. The lowest BCUT2D eigenvalue weighted by molar-refractivity contribution is 0.0697. The first-order valence-electron chi connectivity index (χ1n) is 7.22. The first-order chi connectivity index (χ1) is 11.7. The maximum absolute atomic E-state index is 12.9. The fourth-order valence-electron chi connectivity index (χ4n) is 2.46. The summed E-state index contributed by atoms with van der Waals surface area (Å²) in [4.78, 5) is 19.4. The zero-order chi connectivity index (χ0) is 18.4. The van der Waals surface area contributed by atoms with Crippen LogP contribution in [0.3, 0.4) is 0 Å². The van der Waals surface area contributed by atoms with Crippen LogP contribution < -0.4 is 4.31 Å². The Kier molecular flexibility index (Phi) is 3.91. The molecule has 0 fully saturated rings. The lowest BCUT2D eigenvalue weighted by Crippen LogP contribution is -2.30. The molecule has 0 radical (unpaired) electrons. The van der Waals surface area contributed by atoms with E-state index in [1.807, 2.05) is 0 Å². The molecule has 0 saturated carbocycles. The molecule has 3 rings (SSSR count). The number of benzene rings is 1. The number of aromatic nitrogens is 4. The molecule has 0 unspecified atom stereocenters. The van der Waals surface area contributed by atoms with Gasteiger partial charge in [-0.1, -0.05) is 12.1 Å². The van der Waals surface area contributed by atoms with Crippen molar-refractivity contribution in [2.45, 2.75) is 19.0 Å². The molecule has 0 spiro atoms. The van der Waals surface area contributed by atoms with Crippen molar-refractivity contribution in [3.63, 3.8) is 0 Å². The van der Waals surface area contributed by atoms with Gasteiger partial charge in [-0.25, -0.2) is 14.3 Å². The first kappa shape index (κ1) is 16.8. The second kappa shape index (κ2) is 5.81. The number of carbonyl (C=O) groups is 1. The van der Waals surface area contributed by atoms with Crippen LogP contribution in [0.2, 0.25) is 0 Å². The number of hydrogen-bond acceptors (Lipinski definition) is 6. The molecule has 9 nitrogen and oxygen atoms in total. The predicted molar refractivity (Wildman–Crippen MR) is 89.2 cm³/mol. The van der Waals surface area contributed by atoms with Gasteiger partial charge in [0.1, 0.15) is 0 Å². The SMILES string of the molecule is Cc1cnc2nc(S(=O)(=O)N(C)c3c(C)cccc3C(=O)O)nn2c1. The fourth-order valence-corrected chi connectivity index (χ4v) is 3.57. The van der Waals surface area contributed by atoms with E-state index >= 15 is 0 Å². The van der Waals surface area contributed by atoms with Crippen LogP contribution in [0.15, 0.2) is 35.7 Å². The van der Waals surface area contributed by atoms with Crippen molar-refractivity contribution in [2.75, 3.05) is 11.4 Å². The lowest BCUT2D eigenvalue weighted by atomic mass is 10.1. The molecule has 0 atom stereocenters. The highest BCUT2D eigenvalue weighted by atomic mass is 32.2. The molecule has 0 saturated heterocycles. The van der Waals surface area contributed by atoms with Crippen molar-refractivity contribution in [1.29, 1.82) is 0 Å². The zero-order valence-corrected chi connectivity index (χ0v) is 14.5. The molecule has 10 heteroatoms. The van der Waals surface area contributed by atoms with Crippen LogP contribution >= 0.6 is 0 Å². The van der Waals surface area contributed by atoms with E-state index in [-0.39, 0.29) is 17.0 Å². The third-order valence-electron chi connectivity index (χ3n) is 3.68. The number of sulfonamides is 1. The molecule has 2 heterocycles. The Balaban J connectivity index is 2.15. The minimum Gasteiger partial charge on any atom is -0.478 e. The van der Waals surface area contributed by atoms with Gasteiger partial charge < -0.3 is 5.11 Å². The largest absolute Gasteiger partial charge is 0.478 e. The van der Waals surface area contributed by atoms with Gasteiger partial charge >= 0.3 is 16.0 Å². The van der Waals surface area contributed by atoms with Gasteiger partial charge in [0.05, 0.1) is 11.3 Å². The van der Waals surface area contributed by atoms with Gasteiger partial charge in [0, 0.05) is 19.4 Å². The molecule has 25 heavy (non-hydrogen) atoms. The minimum absolute atomic E-state index is 0.0676. The fraction of sp³-hybridized carbons (Fsp3) is 0.200. The highest BCUT2D eigenvalue weighted by molar-refractivity contribution is 7.92. The third-order valence-corrected chi connectivity index (χ3v) is 5.22. The molecule has 130 valence electrons. The molecule has 0 bridgehead atoms. The standard InChI is InChI=1S/C15H15N5O4S/c1-9-7-16-14-17-15(18-20(14)8-9)25(23,24)19(3)12-10(2)5-4-6-11(12)13(21)22/h4-8H,1-3H3,(H,21,22). The second-order valence-corrected chi connectivity index (χ2v) is 7.38. The number of carboxylic acids is 1. The van der Waals surface area contributed by atoms with Crippen LogP contribution in [-0.4, -0.2) is 46.1 Å². The molecule has 0 aliphatic heterocycles. The van der Waals surface area contributed by atoms with Crippen molar-refractivity contribution in [3.05, 3.63) is 47.3 Å². The number of carboxylic acid groups (broad SMARTS) is 1. The number of nitrogens with zero attached hydrogens (tertiary/aromatic N) is 5. The summed E-state index contributed by atoms with van der Waals surface area (Å²) in [5.41, 5.74) is 1.24. The average Bonchev–Trinajstić information content (AvgIpc) is 2.97. The topological polar surface area (TPSA) is 118 Å². The van der Waals surface area contributed by atoms with Gasteiger partial charge in [-0.3, -0.25) is 4.31 Å². The van der Waals surface area contributed by atoms with E-state index in [1.165, 1.54) is 17.6 Å². The molecule has 2 aromatic heterocycles. The smallest absolute Gasteiger partial charge is 0.337 e. The predicted octanol–water partition coefficient (Wildman–Crippen LogP) is 1.26. The molecule has 1 aromatic carbocycles. The zero-order valence-electron chi connectivity index (χ0n) is 13.7. The van der Waals surface area contributed by atoms with Gasteiger partial charge in [-0.15, -0.1) is 5.10 Å². The van der Waals surface area contributed by atoms with Gasteiger partial charge in [0.2, 0.25) is 0 Å². The van der Waals surface area contributed by atoms with E-state index in [4.69, 9.17) is 0 Å². The van der Waals surface area contributed by atoms with E-state index < -0.39 is 21.1 Å². The van der Waals surface area contributed by atoms with Gasteiger partial charge in [-0.05, 0) is 31.0 Å². The summed E-state index contributed by atoms with van der Waals surface area (Å²) in [6.07, 6.45) is 3.15. The Morgan fingerprint density at radius 3 is 2.68 bits per heavy atom. The van der Waals surface area contributed by atoms with Crippen molar-refractivity contribution < 1.29 is 18.3 Å². The van der Waals surface area contributed by atoms with Crippen molar-refractivity contribution in [2.24, 2.45) is 0 Å². The van der Waals surface area contributed by atoms with Gasteiger partial charge in [-0.2, -0.15) is 13.4 Å². The summed E-state index contributed by atoms with van der Waals surface area (Å²) in [7, 11) is -2.89. The summed E-state index contributed by atoms with van der Waals surface area (Å²) in [6.45, 7) is 3.43. The quantitative estimate of drug-likeness (QED) is 0.743. The molecule has 0 amide bonds. The van der Waals surface area contributed by atoms with Crippen LogP contribution in [0.4, 0.5) is 5.69 Å². The number of rotatable bonds is 4. The van der Waals surface area contributed by atoms with Crippen molar-refractivity contribution in [1.82, 2.24) is 19.6 Å². The average molecular weight is 361 g/mol. The number of fused-ring (bicyclic) bond motifs is 1. The van der Waals surface area contributed by atoms with Crippen LogP contribution in [0.25, 0.3) is 5.78 Å². The van der Waals surface area contributed by atoms with E-state index in [0.717, 1.165) is 9.87 Å². The number of hydrogen-bond donors (Lipinski definition) is 1. The number of anilines is 1. The Bertz CT molecular complexity index is 1090. The highest BCUT2D eigenvalue weighted by Crippen LogP contribution is 2.28. The Hall–Kier alpha value is -3.01. The summed E-state index contributed by atoms with van der Waals surface area (Å²) >= 11 is 0. The molecule has 3 aromatic rings. The maximum Gasteiger partial charge on any atom is 0.337 e. The van der Waals surface area contributed by atoms with Crippen LogP contribution in [0, 0.1) is 13.8 Å². The molecule has 0 aliphatic rings. The molecule has 1 N–H and O–H groups in total. The normalized spacial score (nSPS) is 11.6. The minimum atomic E-state index is -4.16. The summed E-state index contributed by atoms with van der Waals surface area (Å²) < 4.78 is 27.9.